The maximum Gasteiger partial charge on any atom is 0.407 e. The number of hydrogen-bond donors (Lipinski definition) is 1. The lowest BCUT2D eigenvalue weighted by Gasteiger charge is -2.43. The van der Waals surface area contributed by atoms with Crippen molar-refractivity contribution in [2.24, 2.45) is 0 Å². The molecular weight excluding hydrogens is 342 g/mol. The predicted molar refractivity (Wildman–Crippen MR) is 94.3 cm³/mol. The van der Waals surface area contributed by atoms with Gasteiger partial charge in [0, 0.05) is 31.1 Å². The molecule has 0 saturated carbocycles. The van der Waals surface area contributed by atoms with Crippen LogP contribution >= 0.6 is 0 Å². The maximum absolute atomic E-state index is 14.4. The minimum atomic E-state index is -3.47. The normalized spacial score (nSPS) is 16.4. The molecule has 1 saturated heterocycles. The molecule has 2 amide bonds. The molecule has 26 heavy (non-hydrogen) atoms. The van der Waals surface area contributed by atoms with E-state index in [0.717, 1.165) is 4.90 Å². The first-order valence-corrected chi connectivity index (χ1v) is 8.76. The summed E-state index contributed by atoms with van der Waals surface area (Å²) in [6.07, 6.45) is -0.944. The van der Waals surface area contributed by atoms with Crippen molar-refractivity contribution >= 4 is 12.0 Å². The number of halogens is 2. The van der Waals surface area contributed by atoms with Crippen LogP contribution in [0.15, 0.2) is 30.3 Å². The number of likely N-dealkylation sites (tertiary alicyclic amines) is 1. The molecule has 0 aliphatic carbocycles. The number of carbonyl (C=O) groups is 2. The summed E-state index contributed by atoms with van der Waals surface area (Å²) in [5, 5.41) is 9.45. The number of carbonyl (C=O) groups excluding carboxylic acids is 1. The van der Waals surface area contributed by atoms with Gasteiger partial charge in [0.1, 0.15) is 0 Å². The van der Waals surface area contributed by atoms with E-state index in [0.29, 0.717) is 18.4 Å². The standard InChI is InChI=1S/C19H26F2N2O3/c1-18(2,3)23(17(25)26)15-9-11-22(12-10-15)16(24)19(20,21)13-14-7-5-4-6-8-14/h4-8,15H,9-13H2,1-3H3,(H,25,26). The van der Waals surface area contributed by atoms with Crippen molar-refractivity contribution in [3.8, 4) is 0 Å². The first-order chi connectivity index (χ1) is 12.0. The molecule has 0 aromatic heterocycles. The fourth-order valence-corrected chi connectivity index (χ4v) is 3.48. The number of alkyl halides is 2. The molecule has 2 rings (SSSR count). The summed E-state index contributed by atoms with van der Waals surface area (Å²) in [5.74, 6) is -4.65. The topological polar surface area (TPSA) is 60.9 Å². The summed E-state index contributed by atoms with van der Waals surface area (Å²) in [6, 6.07) is 7.92. The minimum absolute atomic E-state index is 0.133. The molecular formula is C19H26F2N2O3. The van der Waals surface area contributed by atoms with Crippen LogP contribution in [0.25, 0.3) is 0 Å². The SMILES string of the molecule is CC(C)(C)N(C(=O)O)C1CCN(C(=O)C(F)(F)Cc2ccccc2)CC1. The molecule has 1 aliphatic rings. The van der Waals surface area contributed by atoms with Crippen LogP contribution < -0.4 is 0 Å². The summed E-state index contributed by atoms with van der Waals surface area (Å²) in [6.45, 7) is 5.66. The third-order valence-electron chi connectivity index (χ3n) is 4.63. The second kappa shape index (κ2) is 7.60. The van der Waals surface area contributed by atoms with Crippen molar-refractivity contribution < 1.29 is 23.5 Å². The molecule has 0 spiro atoms. The Labute approximate surface area is 152 Å². The molecule has 1 aliphatic heterocycles. The van der Waals surface area contributed by atoms with Gasteiger partial charge in [0.15, 0.2) is 0 Å². The van der Waals surface area contributed by atoms with E-state index in [1.54, 1.807) is 51.1 Å². The van der Waals surface area contributed by atoms with E-state index < -0.39 is 29.9 Å². The highest BCUT2D eigenvalue weighted by molar-refractivity contribution is 5.84. The Balaban J connectivity index is 2.00. The third kappa shape index (κ3) is 4.71. The zero-order valence-corrected chi connectivity index (χ0v) is 15.4. The van der Waals surface area contributed by atoms with Gasteiger partial charge in [-0.3, -0.25) is 4.79 Å². The van der Waals surface area contributed by atoms with Gasteiger partial charge in [0.2, 0.25) is 0 Å². The Morgan fingerprint density at radius 3 is 2.15 bits per heavy atom. The van der Waals surface area contributed by atoms with E-state index in [2.05, 4.69) is 0 Å². The van der Waals surface area contributed by atoms with Gasteiger partial charge >= 0.3 is 12.0 Å². The molecule has 0 bridgehead atoms. The Kier molecular flexibility index (Phi) is 5.88. The van der Waals surface area contributed by atoms with E-state index in [-0.39, 0.29) is 19.1 Å². The number of amides is 2. The summed E-state index contributed by atoms with van der Waals surface area (Å²) in [7, 11) is 0. The van der Waals surface area contributed by atoms with E-state index >= 15 is 0 Å². The van der Waals surface area contributed by atoms with Crippen molar-refractivity contribution in [3.05, 3.63) is 35.9 Å². The van der Waals surface area contributed by atoms with Crippen molar-refractivity contribution in [1.82, 2.24) is 9.80 Å². The van der Waals surface area contributed by atoms with Gasteiger partial charge in [0.05, 0.1) is 0 Å². The lowest BCUT2D eigenvalue weighted by Crippen LogP contribution is -2.56. The molecule has 0 radical (unpaired) electrons. The molecule has 5 nitrogen and oxygen atoms in total. The Hall–Kier alpha value is -2.18. The molecule has 1 aromatic carbocycles. The number of carboxylic acid groups (broad SMARTS) is 1. The summed E-state index contributed by atoms with van der Waals surface area (Å²) < 4.78 is 28.7. The number of rotatable bonds is 4. The number of nitrogens with zero attached hydrogens (tertiary/aromatic N) is 2. The molecule has 1 aromatic rings. The first kappa shape index (κ1) is 20.1. The van der Waals surface area contributed by atoms with Crippen LogP contribution in [0.4, 0.5) is 13.6 Å². The average molecular weight is 368 g/mol. The van der Waals surface area contributed by atoms with E-state index in [1.165, 1.54) is 4.90 Å². The third-order valence-corrected chi connectivity index (χ3v) is 4.63. The Morgan fingerprint density at radius 2 is 1.69 bits per heavy atom. The second-order valence-corrected chi connectivity index (χ2v) is 7.71. The van der Waals surface area contributed by atoms with Crippen LogP contribution in [0, 0.1) is 0 Å². The van der Waals surface area contributed by atoms with Crippen LogP contribution in [0.5, 0.6) is 0 Å². The molecule has 1 heterocycles. The molecule has 1 fully saturated rings. The monoisotopic (exact) mass is 368 g/mol. The van der Waals surface area contributed by atoms with Gasteiger partial charge in [-0.15, -0.1) is 0 Å². The maximum atomic E-state index is 14.4. The average Bonchev–Trinajstić information content (AvgIpc) is 2.54. The van der Waals surface area contributed by atoms with Gasteiger partial charge in [-0.2, -0.15) is 8.78 Å². The largest absolute Gasteiger partial charge is 0.465 e. The van der Waals surface area contributed by atoms with Crippen molar-refractivity contribution in [2.75, 3.05) is 13.1 Å². The van der Waals surface area contributed by atoms with Crippen molar-refractivity contribution in [3.63, 3.8) is 0 Å². The van der Waals surface area contributed by atoms with Crippen LogP contribution in [-0.2, 0) is 11.2 Å². The number of piperidine rings is 1. The number of benzene rings is 1. The van der Waals surface area contributed by atoms with Crippen LogP contribution in [0.3, 0.4) is 0 Å². The summed E-state index contributed by atoms with van der Waals surface area (Å²) in [5.41, 5.74) is -0.176. The Bertz CT molecular complexity index is 636. The minimum Gasteiger partial charge on any atom is -0.465 e. The second-order valence-electron chi connectivity index (χ2n) is 7.71. The fraction of sp³-hybridized carbons (Fsp3) is 0.579. The van der Waals surface area contributed by atoms with Crippen LogP contribution in [0.2, 0.25) is 0 Å². The van der Waals surface area contributed by atoms with Crippen LogP contribution in [0.1, 0.15) is 39.2 Å². The zero-order chi connectivity index (χ0) is 19.5. The van der Waals surface area contributed by atoms with E-state index in [9.17, 15) is 23.5 Å². The highest BCUT2D eigenvalue weighted by atomic mass is 19.3. The van der Waals surface area contributed by atoms with Gasteiger partial charge in [-0.05, 0) is 39.2 Å². The highest BCUT2D eigenvalue weighted by Crippen LogP contribution is 2.28. The summed E-state index contributed by atoms with van der Waals surface area (Å²) >= 11 is 0. The zero-order valence-electron chi connectivity index (χ0n) is 15.4. The lowest BCUT2D eigenvalue weighted by molar-refractivity contribution is -0.159. The quantitative estimate of drug-likeness (QED) is 0.883. The van der Waals surface area contributed by atoms with E-state index in [1.807, 2.05) is 0 Å². The molecule has 1 N–H and O–H groups in total. The van der Waals surface area contributed by atoms with Crippen molar-refractivity contribution in [1.29, 1.82) is 0 Å². The number of hydrogen-bond acceptors (Lipinski definition) is 2. The molecule has 0 atom stereocenters. The predicted octanol–water partition coefficient (Wildman–Crippen LogP) is 3.63. The first-order valence-electron chi connectivity index (χ1n) is 8.76. The van der Waals surface area contributed by atoms with Gasteiger partial charge < -0.3 is 14.9 Å². The Morgan fingerprint density at radius 1 is 1.15 bits per heavy atom. The van der Waals surface area contributed by atoms with Gasteiger partial charge in [0.25, 0.3) is 5.91 Å². The molecule has 7 heteroatoms. The van der Waals surface area contributed by atoms with Gasteiger partial charge in [-0.1, -0.05) is 30.3 Å². The van der Waals surface area contributed by atoms with Crippen molar-refractivity contribution in [2.45, 2.75) is 57.5 Å². The smallest absolute Gasteiger partial charge is 0.407 e. The summed E-state index contributed by atoms with van der Waals surface area (Å²) in [4.78, 5) is 26.3. The van der Waals surface area contributed by atoms with Gasteiger partial charge in [-0.25, -0.2) is 4.79 Å². The highest BCUT2D eigenvalue weighted by Gasteiger charge is 2.44. The lowest BCUT2D eigenvalue weighted by atomic mass is 9.96. The molecule has 144 valence electrons. The molecule has 0 unspecified atom stereocenters. The fourth-order valence-electron chi connectivity index (χ4n) is 3.48. The van der Waals surface area contributed by atoms with E-state index in [4.69, 9.17) is 0 Å². The van der Waals surface area contributed by atoms with Crippen LogP contribution in [-0.4, -0.2) is 57.5 Å².